The Morgan fingerprint density at radius 2 is 2.05 bits per heavy atom. The van der Waals surface area contributed by atoms with Gasteiger partial charge in [0.25, 0.3) is 0 Å². The largest absolute Gasteiger partial charge is 0.504 e. The van der Waals surface area contributed by atoms with E-state index in [0.717, 1.165) is 11.8 Å². The quantitative estimate of drug-likeness (QED) is 0.668. The maximum atomic E-state index is 11.2. The molecule has 1 saturated heterocycles. The number of ether oxygens (including phenoxy) is 1. The summed E-state index contributed by atoms with van der Waals surface area (Å²) in [6.45, 7) is 1.14. The average molecular weight is 275 g/mol. The van der Waals surface area contributed by atoms with Gasteiger partial charge in [-0.15, -0.1) is 0 Å². The SMILES string of the molecule is COc1cc(/C=C(\C=O)N2CCC(=O)CC2)ccc1O. The zero-order chi connectivity index (χ0) is 14.5. The molecule has 106 valence electrons. The molecule has 0 aromatic heterocycles. The molecule has 1 heterocycles. The lowest BCUT2D eigenvalue weighted by Crippen LogP contribution is -2.33. The Kier molecular flexibility index (Phi) is 4.40. The van der Waals surface area contributed by atoms with E-state index >= 15 is 0 Å². The summed E-state index contributed by atoms with van der Waals surface area (Å²) in [5.74, 6) is 0.650. The molecule has 5 heteroatoms. The highest BCUT2D eigenvalue weighted by Crippen LogP contribution is 2.27. The number of ketones is 1. The second-order valence-corrected chi connectivity index (χ2v) is 4.64. The minimum atomic E-state index is 0.0564. The van der Waals surface area contributed by atoms with Crippen molar-refractivity contribution in [2.75, 3.05) is 20.2 Å². The number of likely N-dealkylation sites (tertiary alicyclic amines) is 1. The second-order valence-electron chi connectivity index (χ2n) is 4.64. The van der Waals surface area contributed by atoms with Crippen LogP contribution in [0.3, 0.4) is 0 Å². The van der Waals surface area contributed by atoms with Gasteiger partial charge in [0, 0.05) is 25.9 Å². The lowest BCUT2D eigenvalue weighted by molar-refractivity contribution is -0.121. The van der Waals surface area contributed by atoms with Gasteiger partial charge >= 0.3 is 0 Å². The van der Waals surface area contributed by atoms with Crippen molar-refractivity contribution >= 4 is 18.1 Å². The van der Waals surface area contributed by atoms with Crippen LogP contribution in [0.2, 0.25) is 0 Å². The zero-order valence-corrected chi connectivity index (χ0v) is 11.3. The topological polar surface area (TPSA) is 66.8 Å². The number of benzene rings is 1. The van der Waals surface area contributed by atoms with E-state index in [1.807, 2.05) is 4.90 Å². The molecule has 1 N–H and O–H groups in total. The molecular weight excluding hydrogens is 258 g/mol. The van der Waals surface area contributed by atoms with Crippen molar-refractivity contribution in [1.82, 2.24) is 4.90 Å². The van der Waals surface area contributed by atoms with Crippen LogP contribution in [0.15, 0.2) is 23.9 Å². The van der Waals surface area contributed by atoms with Crippen molar-refractivity contribution in [2.45, 2.75) is 12.8 Å². The van der Waals surface area contributed by atoms with E-state index < -0.39 is 0 Å². The lowest BCUT2D eigenvalue weighted by atomic mass is 10.1. The molecule has 1 aromatic rings. The predicted molar refractivity (Wildman–Crippen MR) is 74.5 cm³/mol. The molecule has 1 fully saturated rings. The number of nitrogens with zero attached hydrogens (tertiary/aromatic N) is 1. The molecule has 2 rings (SSSR count). The minimum Gasteiger partial charge on any atom is -0.504 e. The van der Waals surface area contributed by atoms with E-state index in [1.54, 1.807) is 18.2 Å². The fourth-order valence-electron chi connectivity index (χ4n) is 2.17. The molecule has 1 aliphatic rings. The van der Waals surface area contributed by atoms with Crippen LogP contribution in [-0.2, 0) is 9.59 Å². The number of phenolic OH excluding ortho intramolecular Hbond substituents is 1. The van der Waals surface area contributed by atoms with Gasteiger partial charge in [0.1, 0.15) is 5.78 Å². The third-order valence-electron chi connectivity index (χ3n) is 3.33. The Hall–Kier alpha value is -2.30. The molecule has 0 atom stereocenters. The van der Waals surface area contributed by atoms with Crippen molar-refractivity contribution < 1.29 is 19.4 Å². The van der Waals surface area contributed by atoms with E-state index in [2.05, 4.69) is 0 Å². The van der Waals surface area contributed by atoms with E-state index in [4.69, 9.17) is 4.74 Å². The highest BCUT2D eigenvalue weighted by Gasteiger charge is 2.18. The molecule has 5 nitrogen and oxygen atoms in total. The highest BCUT2D eigenvalue weighted by molar-refractivity contribution is 5.83. The van der Waals surface area contributed by atoms with Crippen LogP contribution in [0, 0.1) is 0 Å². The normalized spacial score (nSPS) is 16.1. The summed E-state index contributed by atoms with van der Waals surface area (Å²) in [6, 6.07) is 4.89. The van der Waals surface area contributed by atoms with E-state index in [0.29, 0.717) is 37.4 Å². The number of carbonyl (C=O) groups is 2. The molecule has 0 radical (unpaired) electrons. The van der Waals surface area contributed by atoms with Gasteiger partial charge in [0.05, 0.1) is 12.8 Å². The number of aldehydes is 1. The van der Waals surface area contributed by atoms with Gasteiger partial charge in [-0.05, 0) is 23.8 Å². The molecule has 0 unspecified atom stereocenters. The third-order valence-corrected chi connectivity index (χ3v) is 3.33. The number of methoxy groups -OCH3 is 1. The predicted octanol–water partition coefficient (Wildman–Crippen LogP) is 1.61. The molecule has 20 heavy (non-hydrogen) atoms. The first-order chi connectivity index (χ1) is 9.63. The summed E-state index contributed by atoms with van der Waals surface area (Å²) >= 11 is 0. The number of Topliss-reactive ketones (excluding diaryl/α,β-unsaturated/α-hetero) is 1. The molecule has 1 aliphatic heterocycles. The van der Waals surface area contributed by atoms with Gasteiger partial charge in [-0.3, -0.25) is 9.59 Å². The van der Waals surface area contributed by atoms with Gasteiger partial charge < -0.3 is 14.7 Å². The number of rotatable bonds is 4. The Bertz CT molecular complexity index is 541. The summed E-state index contributed by atoms with van der Waals surface area (Å²) in [4.78, 5) is 24.4. The fraction of sp³-hybridized carbons (Fsp3) is 0.333. The molecule has 0 saturated carbocycles. The van der Waals surface area contributed by atoms with Gasteiger partial charge in [0.2, 0.25) is 0 Å². The number of allylic oxidation sites excluding steroid dienone is 1. The summed E-state index contributed by atoms with van der Waals surface area (Å²) in [6.07, 6.45) is 3.47. The molecular formula is C15H17NO4. The van der Waals surface area contributed by atoms with Crippen LogP contribution in [0.1, 0.15) is 18.4 Å². The lowest BCUT2D eigenvalue weighted by Gasteiger charge is -2.27. The first kappa shape index (κ1) is 14.1. The minimum absolute atomic E-state index is 0.0564. The molecule has 0 aliphatic carbocycles. The highest BCUT2D eigenvalue weighted by atomic mass is 16.5. The van der Waals surface area contributed by atoms with Crippen molar-refractivity contribution in [3.05, 3.63) is 29.5 Å². The van der Waals surface area contributed by atoms with E-state index in [-0.39, 0.29) is 11.5 Å². The Balaban J connectivity index is 2.22. The van der Waals surface area contributed by atoms with E-state index in [9.17, 15) is 14.7 Å². The Morgan fingerprint density at radius 1 is 1.35 bits per heavy atom. The third kappa shape index (κ3) is 3.17. The van der Waals surface area contributed by atoms with Crippen LogP contribution < -0.4 is 4.74 Å². The number of hydrogen-bond acceptors (Lipinski definition) is 5. The van der Waals surface area contributed by atoms with Crippen LogP contribution in [0.4, 0.5) is 0 Å². The van der Waals surface area contributed by atoms with Crippen LogP contribution >= 0.6 is 0 Å². The van der Waals surface area contributed by atoms with Crippen molar-refractivity contribution in [3.63, 3.8) is 0 Å². The number of phenols is 1. The molecule has 1 aromatic carbocycles. The standard InChI is InChI=1S/C15H17NO4/c1-20-15-9-11(2-3-14(15)19)8-12(10-17)16-6-4-13(18)5-7-16/h2-3,8-10,19H,4-7H2,1H3/b12-8+. The summed E-state index contributed by atoms with van der Waals surface area (Å²) < 4.78 is 5.03. The monoisotopic (exact) mass is 275 g/mol. The molecule has 0 amide bonds. The number of hydrogen-bond donors (Lipinski definition) is 1. The van der Waals surface area contributed by atoms with Crippen LogP contribution in [-0.4, -0.2) is 42.3 Å². The Labute approximate surface area is 117 Å². The van der Waals surface area contributed by atoms with Crippen LogP contribution in [0.5, 0.6) is 11.5 Å². The van der Waals surface area contributed by atoms with Gasteiger partial charge in [-0.2, -0.15) is 0 Å². The smallest absolute Gasteiger partial charge is 0.166 e. The Morgan fingerprint density at radius 3 is 2.65 bits per heavy atom. The number of aromatic hydroxyl groups is 1. The van der Waals surface area contributed by atoms with Crippen LogP contribution in [0.25, 0.3) is 6.08 Å². The fourth-order valence-corrected chi connectivity index (χ4v) is 2.17. The second kappa shape index (κ2) is 6.23. The maximum Gasteiger partial charge on any atom is 0.166 e. The maximum absolute atomic E-state index is 11.2. The molecule has 0 bridgehead atoms. The van der Waals surface area contributed by atoms with Gasteiger partial charge in [-0.25, -0.2) is 0 Å². The van der Waals surface area contributed by atoms with Crippen molar-refractivity contribution in [2.24, 2.45) is 0 Å². The summed E-state index contributed by atoms with van der Waals surface area (Å²) in [5.41, 5.74) is 1.30. The summed E-state index contributed by atoms with van der Waals surface area (Å²) in [7, 11) is 1.47. The van der Waals surface area contributed by atoms with Crippen molar-refractivity contribution in [1.29, 1.82) is 0 Å². The first-order valence-corrected chi connectivity index (χ1v) is 6.44. The molecule has 0 spiro atoms. The van der Waals surface area contributed by atoms with Gasteiger partial charge in [-0.1, -0.05) is 6.07 Å². The van der Waals surface area contributed by atoms with Crippen molar-refractivity contribution in [3.8, 4) is 11.5 Å². The number of piperidine rings is 1. The number of carbonyl (C=O) groups excluding carboxylic acids is 2. The summed E-state index contributed by atoms with van der Waals surface area (Å²) in [5, 5.41) is 9.54. The zero-order valence-electron chi connectivity index (χ0n) is 11.3. The van der Waals surface area contributed by atoms with Gasteiger partial charge in [0.15, 0.2) is 17.8 Å². The van der Waals surface area contributed by atoms with E-state index in [1.165, 1.54) is 13.2 Å². The first-order valence-electron chi connectivity index (χ1n) is 6.44. The average Bonchev–Trinajstić information content (AvgIpc) is 2.47.